The fourth-order valence-electron chi connectivity index (χ4n) is 3.31. The van der Waals surface area contributed by atoms with E-state index in [2.05, 4.69) is 24.3 Å². The summed E-state index contributed by atoms with van der Waals surface area (Å²) < 4.78 is 5.16. The first-order valence-electron chi connectivity index (χ1n) is 8.14. The lowest BCUT2D eigenvalue weighted by molar-refractivity contribution is -0.148. The molecule has 3 rings (SSSR count). The minimum Gasteiger partial charge on any atom is -0.497 e. The van der Waals surface area contributed by atoms with Gasteiger partial charge in [-0.25, -0.2) is 0 Å². The predicted molar refractivity (Wildman–Crippen MR) is 97.7 cm³/mol. The number of carbonyl (C=O) groups is 1. The molecule has 1 aliphatic carbocycles. The Morgan fingerprint density at radius 1 is 1.12 bits per heavy atom. The van der Waals surface area contributed by atoms with Gasteiger partial charge < -0.3 is 9.84 Å². The van der Waals surface area contributed by atoms with Gasteiger partial charge in [-0.1, -0.05) is 36.4 Å². The van der Waals surface area contributed by atoms with Gasteiger partial charge in [0.05, 0.1) is 12.5 Å². The molecule has 0 spiro atoms. The number of hydrogen-bond donors (Lipinski definition) is 1. The first-order valence-corrected chi connectivity index (χ1v) is 9.29. The summed E-state index contributed by atoms with van der Waals surface area (Å²) in [4.78, 5) is 11.9. The number of fused-ring (bicyclic) bond motifs is 1. The minimum absolute atomic E-state index is 0.628. The molecule has 0 amide bonds. The van der Waals surface area contributed by atoms with Crippen molar-refractivity contribution >= 4 is 17.7 Å². The summed E-state index contributed by atoms with van der Waals surface area (Å²) in [7, 11) is 1.66. The molecule has 0 bridgehead atoms. The third-order valence-electron chi connectivity index (χ3n) is 4.78. The molecule has 0 heterocycles. The van der Waals surface area contributed by atoms with Gasteiger partial charge in [-0.3, -0.25) is 4.79 Å². The summed E-state index contributed by atoms with van der Waals surface area (Å²) in [6.45, 7) is 0. The van der Waals surface area contributed by atoms with E-state index in [-0.39, 0.29) is 0 Å². The van der Waals surface area contributed by atoms with Crippen LogP contribution in [0.1, 0.15) is 23.1 Å². The van der Waals surface area contributed by atoms with E-state index in [4.69, 9.17) is 4.74 Å². The normalized spacial score (nSPS) is 15.0. The van der Waals surface area contributed by atoms with Gasteiger partial charge in [-0.05, 0) is 53.8 Å². The Kier molecular flexibility index (Phi) is 5.14. The number of rotatable bonds is 7. The molecule has 0 fully saturated rings. The summed E-state index contributed by atoms with van der Waals surface area (Å²) in [5.74, 6) is 1.94. The molecule has 0 radical (unpaired) electrons. The Morgan fingerprint density at radius 2 is 1.75 bits per heavy atom. The van der Waals surface area contributed by atoms with Gasteiger partial charge in [-0.2, -0.15) is 11.8 Å². The molecule has 0 unspecified atom stereocenters. The van der Waals surface area contributed by atoms with E-state index in [9.17, 15) is 9.90 Å². The Labute approximate surface area is 147 Å². The highest BCUT2D eigenvalue weighted by atomic mass is 32.2. The number of thioether (sulfide) groups is 1. The molecule has 2 aromatic rings. The van der Waals surface area contributed by atoms with Crippen LogP contribution in [0.5, 0.6) is 5.75 Å². The van der Waals surface area contributed by atoms with Crippen molar-refractivity contribution in [3.05, 3.63) is 65.2 Å². The van der Waals surface area contributed by atoms with E-state index >= 15 is 0 Å². The smallest absolute Gasteiger partial charge is 0.310 e. The second-order valence-electron chi connectivity index (χ2n) is 6.36. The molecule has 1 N–H and O–H groups in total. The van der Waals surface area contributed by atoms with Crippen molar-refractivity contribution in [3.63, 3.8) is 0 Å². The van der Waals surface area contributed by atoms with Gasteiger partial charge in [-0.15, -0.1) is 0 Å². The van der Waals surface area contributed by atoms with Gasteiger partial charge >= 0.3 is 5.97 Å². The standard InChI is InChI=1S/C20H22O3S/c1-23-18-8-6-15(7-9-18)14-24-11-10-20(19(21)22)12-16-4-2-3-5-17(16)13-20/h2-9H,10-14H2,1H3,(H,21,22). The van der Waals surface area contributed by atoms with Crippen molar-refractivity contribution < 1.29 is 14.6 Å². The van der Waals surface area contributed by atoms with Crippen LogP contribution in [0.2, 0.25) is 0 Å². The average molecular weight is 342 g/mol. The van der Waals surface area contributed by atoms with Crippen molar-refractivity contribution in [2.75, 3.05) is 12.9 Å². The fourth-order valence-corrected chi connectivity index (χ4v) is 4.42. The SMILES string of the molecule is COc1ccc(CSCCC2(C(=O)O)Cc3ccccc3C2)cc1. The lowest BCUT2D eigenvalue weighted by Gasteiger charge is -2.23. The molecule has 3 nitrogen and oxygen atoms in total. The molecule has 2 aromatic carbocycles. The van der Waals surface area contributed by atoms with Crippen LogP contribution in [0.4, 0.5) is 0 Å². The quantitative estimate of drug-likeness (QED) is 0.767. The highest BCUT2D eigenvalue weighted by Crippen LogP contribution is 2.41. The lowest BCUT2D eigenvalue weighted by Crippen LogP contribution is -2.32. The van der Waals surface area contributed by atoms with Gasteiger partial charge in [0.25, 0.3) is 0 Å². The summed E-state index contributed by atoms with van der Waals surface area (Å²) in [5, 5.41) is 9.79. The maximum Gasteiger partial charge on any atom is 0.310 e. The van der Waals surface area contributed by atoms with Crippen LogP contribution in [-0.2, 0) is 23.4 Å². The van der Waals surface area contributed by atoms with E-state index in [0.717, 1.165) is 17.3 Å². The lowest BCUT2D eigenvalue weighted by atomic mass is 9.82. The Hall–Kier alpha value is -1.94. The molecule has 24 heavy (non-hydrogen) atoms. The zero-order valence-electron chi connectivity index (χ0n) is 13.8. The summed E-state index contributed by atoms with van der Waals surface area (Å²) in [6, 6.07) is 16.2. The number of carboxylic acid groups (broad SMARTS) is 1. The van der Waals surface area contributed by atoms with Crippen LogP contribution in [-0.4, -0.2) is 23.9 Å². The predicted octanol–water partition coefficient (Wildman–Crippen LogP) is 4.19. The molecule has 1 aliphatic rings. The number of carboxylic acids is 1. The zero-order chi connectivity index (χ0) is 17.0. The van der Waals surface area contributed by atoms with E-state index in [0.29, 0.717) is 19.3 Å². The van der Waals surface area contributed by atoms with Crippen molar-refractivity contribution in [1.29, 1.82) is 0 Å². The number of ether oxygens (including phenoxy) is 1. The monoisotopic (exact) mass is 342 g/mol. The number of aliphatic carboxylic acids is 1. The number of benzene rings is 2. The number of methoxy groups -OCH3 is 1. The highest BCUT2D eigenvalue weighted by Gasteiger charge is 2.43. The van der Waals surface area contributed by atoms with Gasteiger partial charge in [0.1, 0.15) is 5.75 Å². The Balaban J connectivity index is 1.55. The van der Waals surface area contributed by atoms with Crippen LogP contribution < -0.4 is 4.74 Å². The summed E-state index contributed by atoms with van der Waals surface area (Å²) in [5.41, 5.74) is 3.00. The van der Waals surface area contributed by atoms with Gasteiger partial charge in [0.2, 0.25) is 0 Å². The van der Waals surface area contributed by atoms with E-state index in [1.165, 1.54) is 16.7 Å². The first kappa shape index (κ1) is 16.9. The molecule has 0 saturated heterocycles. The van der Waals surface area contributed by atoms with E-state index in [1.807, 2.05) is 24.3 Å². The van der Waals surface area contributed by atoms with Gasteiger partial charge in [0, 0.05) is 5.75 Å². The van der Waals surface area contributed by atoms with Crippen molar-refractivity contribution in [2.45, 2.75) is 25.0 Å². The molecule has 0 atom stereocenters. The summed E-state index contributed by atoms with van der Waals surface area (Å²) >= 11 is 1.80. The van der Waals surface area contributed by atoms with Crippen LogP contribution >= 0.6 is 11.8 Å². The maximum absolute atomic E-state index is 11.9. The van der Waals surface area contributed by atoms with Crippen LogP contribution in [0.15, 0.2) is 48.5 Å². The highest BCUT2D eigenvalue weighted by molar-refractivity contribution is 7.98. The molecular formula is C20H22O3S. The second kappa shape index (κ2) is 7.31. The first-order chi connectivity index (χ1) is 11.6. The van der Waals surface area contributed by atoms with Crippen LogP contribution in [0, 0.1) is 5.41 Å². The average Bonchev–Trinajstić information content (AvgIpc) is 2.99. The number of hydrogen-bond acceptors (Lipinski definition) is 3. The van der Waals surface area contributed by atoms with Crippen molar-refractivity contribution in [1.82, 2.24) is 0 Å². The van der Waals surface area contributed by atoms with E-state index in [1.54, 1.807) is 18.9 Å². The Morgan fingerprint density at radius 3 is 2.29 bits per heavy atom. The van der Waals surface area contributed by atoms with Crippen LogP contribution in [0.3, 0.4) is 0 Å². The van der Waals surface area contributed by atoms with Crippen molar-refractivity contribution in [3.8, 4) is 5.75 Å². The largest absolute Gasteiger partial charge is 0.497 e. The third kappa shape index (κ3) is 3.59. The molecule has 4 heteroatoms. The molecule has 0 aromatic heterocycles. The van der Waals surface area contributed by atoms with Crippen LogP contribution in [0.25, 0.3) is 0 Å². The second-order valence-corrected chi connectivity index (χ2v) is 7.46. The maximum atomic E-state index is 11.9. The molecule has 126 valence electrons. The minimum atomic E-state index is -0.663. The van der Waals surface area contributed by atoms with Crippen molar-refractivity contribution in [2.24, 2.45) is 5.41 Å². The van der Waals surface area contributed by atoms with E-state index < -0.39 is 11.4 Å². The molecular weight excluding hydrogens is 320 g/mol. The summed E-state index contributed by atoms with van der Waals surface area (Å²) in [6.07, 6.45) is 2.01. The fraction of sp³-hybridized carbons (Fsp3) is 0.350. The third-order valence-corrected chi connectivity index (χ3v) is 5.81. The Bertz CT molecular complexity index is 684. The van der Waals surface area contributed by atoms with Gasteiger partial charge in [0.15, 0.2) is 0 Å². The topological polar surface area (TPSA) is 46.5 Å². The molecule has 0 aliphatic heterocycles. The molecule has 0 saturated carbocycles. The zero-order valence-corrected chi connectivity index (χ0v) is 14.6.